The summed E-state index contributed by atoms with van der Waals surface area (Å²) in [6.45, 7) is 1.98. The highest BCUT2D eigenvalue weighted by Gasteiger charge is 2.26. The van der Waals surface area contributed by atoms with E-state index in [1.807, 2.05) is 110 Å². The summed E-state index contributed by atoms with van der Waals surface area (Å²) in [6.07, 6.45) is 3.53. The maximum atomic E-state index is 13.7. The van der Waals surface area contributed by atoms with E-state index in [0.717, 1.165) is 38.9 Å². The zero-order valence-corrected chi connectivity index (χ0v) is 21.5. The molecule has 3 heteroatoms. The van der Waals surface area contributed by atoms with E-state index in [0.29, 0.717) is 11.5 Å². The van der Waals surface area contributed by atoms with Gasteiger partial charge in [-0.05, 0) is 70.2 Å². The molecule has 1 aliphatic heterocycles. The smallest absolute Gasteiger partial charge is 0.263 e. The van der Waals surface area contributed by atoms with Gasteiger partial charge in [0.05, 0.1) is 0 Å². The van der Waals surface area contributed by atoms with Gasteiger partial charge >= 0.3 is 0 Å². The van der Waals surface area contributed by atoms with Gasteiger partial charge in [0.25, 0.3) is 5.78 Å². The van der Waals surface area contributed by atoms with Gasteiger partial charge in [0.2, 0.25) is 0 Å². The molecule has 0 aliphatic carbocycles. The SMILES string of the molecule is Cc1ccc2c(c1)OC(=Cc1ccc(-c3ccccc3)cc1)C(=O)C(=Cc1ccc(-c3ccccc3)cc1)O2. The van der Waals surface area contributed by atoms with Crippen molar-refractivity contribution >= 4 is 17.9 Å². The molecule has 0 amide bonds. The van der Waals surface area contributed by atoms with Crippen LogP contribution in [0, 0.1) is 6.92 Å². The van der Waals surface area contributed by atoms with E-state index < -0.39 is 0 Å². The van der Waals surface area contributed by atoms with Crippen LogP contribution in [-0.2, 0) is 4.79 Å². The molecular formula is C36H26O3. The number of fused-ring (bicyclic) bond motifs is 1. The summed E-state index contributed by atoms with van der Waals surface area (Å²) in [4.78, 5) is 13.7. The van der Waals surface area contributed by atoms with Gasteiger partial charge in [-0.15, -0.1) is 0 Å². The van der Waals surface area contributed by atoms with E-state index in [2.05, 4.69) is 24.3 Å². The number of ether oxygens (including phenoxy) is 2. The fourth-order valence-electron chi connectivity index (χ4n) is 4.53. The van der Waals surface area contributed by atoms with E-state index in [4.69, 9.17) is 9.47 Å². The zero-order valence-electron chi connectivity index (χ0n) is 21.5. The zero-order chi connectivity index (χ0) is 26.6. The third-order valence-corrected chi connectivity index (χ3v) is 6.62. The maximum Gasteiger partial charge on any atom is 0.263 e. The molecule has 0 saturated heterocycles. The van der Waals surface area contributed by atoms with Gasteiger partial charge in [-0.1, -0.05) is 115 Å². The lowest BCUT2D eigenvalue weighted by atomic mass is 10.0. The van der Waals surface area contributed by atoms with Crippen molar-refractivity contribution < 1.29 is 14.3 Å². The first-order valence-corrected chi connectivity index (χ1v) is 12.9. The Kier molecular flexibility index (Phi) is 6.63. The standard InChI is InChI=1S/C36H26O3/c1-25-12-21-32-33(22-25)39-35(24-27-15-19-31(20-16-27)29-10-6-3-7-11-29)36(37)34(38-32)23-26-13-17-30(18-14-26)28-8-4-2-5-9-28/h2-24H,1H3. The molecule has 0 bridgehead atoms. The Labute approximate surface area is 228 Å². The van der Waals surface area contributed by atoms with Gasteiger partial charge < -0.3 is 9.47 Å². The Hall–Kier alpha value is -5.15. The summed E-state index contributed by atoms with van der Waals surface area (Å²) in [5.41, 5.74) is 7.23. The predicted molar refractivity (Wildman–Crippen MR) is 157 cm³/mol. The second kappa shape index (κ2) is 10.7. The summed E-state index contributed by atoms with van der Waals surface area (Å²) >= 11 is 0. The molecule has 1 aliphatic rings. The van der Waals surface area contributed by atoms with Crippen molar-refractivity contribution in [3.05, 3.63) is 156 Å². The first-order valence-electron chi connectivity index (χ1n) is 12.9. The van der Waals surface area contributed by atoms with E-state index in [1.165, 1.54) is 0 Å². The summed E-state index contributed by atoms with van der Waals surface area (Å²) < 4.78 is 12.3. The van der Waals surface area contributed by atoms with Gasteiger partial charge in [-0.25, -0.2) is 0 Å². The Balaban J connectivity index is 1.35. The number of rotatable bonds is 4. The van der Waals surface area contributed by atoms with Crippen LogP contribution in [0.3, 0.4) is 0 Å². The number of hydrogen-bond donors (Lipinski definition) is 0. The summed E-state index contributed by atoms with van der Waals surface area (Å²) in [7, 11) is 0. The average Bonchev–Trinajstić information content (AvgIpc) is 3.10. The first kappa shape index (κ1) is 24.2. The minimum absolute atomic E-state index is 0.206. The number of benzene rings is 5. The highest BCUT2D eigenvalue weighted by Crippen LogP contribution is 2.36. The minimum Gasteiger partial charge on any atom is -0.449 e. The Morgan fingerprint density at radius 1 is 0.487 bits per heavy atom. The molecule has 1 heterocycles. The molecule has 0 aromatic heterocycles. The van der Waals surface area contributed by atoms with Crippen LogP contribution in [0.1, 0.15) is 16.7 Å². The fraction of sp³-hybridized carbons (Fsp3) is 0.0278. The lowest BCUT2D eigenvalue weighted by molar-refractivity contribution is -0.115. The van der Waals surface area contributed by atoms with E-state index in [1.54, 1.807) is 12.2 Å². The normalized spacial score (nSPS) is 14.8. The van der Waals surface area contributed by atoms with Crippen LogP contribution in [0.15, 0.2) is 139 Å². The molecule has 0 atom stereocenters. The highest BCUT2D eigenvalue weighted by molar-refractivity contribution is 6.11. The van der Waals surface area contributed by atoms with Crippen molar-refractivity contribution in [2.75, 3.05) is 0 Å². The van der Waals surface area contributed by atoms with Crippen LogP contribution in [0.25, 0.3) is 34.4 Å². The number of carbonyl (C=O) groups excluding carboxylic acids is 1. The quantitative estimate of drug-likeness (QED) is 0.229. The van der Waals surface area contributed by atoms with Crippen molar-refractivity contribution in [2.45, 2.75) is 6.92 Å². The average molecular weight is 507 g/mol. The molecule has 0 unspecified atom stereocenters. The van der Waals surface area contributed by atoms with E-state index >= 15 is 0 Å². The number of hydrogen-bond acceptors (Lipinski definition) is 3. The first-order chi connectivity index (χ1) is 19.1. The van der Waals surface area contributed by atoms with Crippen molar-refractivity contribution in [3.63, 3.8) is 0 Å². The molecule has 0 fully saturated rings. The van der Waals surface area contributed by atoms with E-state index in [9.17, 15) is 4.79 Å². The molecule has 39 heavy (non-hydrogen) atoms. The largest absolute Gasteiger partial charge is 0.449 e. The summed E-state index contributed by atoms with van der Waals surface area (Å²) in [5.74, 6) is 1.11. The van der Waals surface area contributed by atoms with Crippen LogP contribution < -0.4 is 9.47 Å². The summed E-state index contributed by atoms with van der Waals surface area (Å²) in [5, 5.41) is 0. The Bertz CT molecular complexity index is 1680. The van der Waals surface area contributed by atoms with Gasteiger partial charge in [0.1, 0.15) is 0 Å². The van der Waals surface area contributed by atoms with Crippen LogP contribution in [-0.4, -0.2) is 5.78 Å². The summed E-state index contributed by atoms with van der Waals surface area (Å²) in [6, 6.07) is 42.2. The van der Waals surface area contributed by atoms with Crippen LogP contribution in [0.4, 0.5) is 0 Å². The molecule has 0 saturated carbocycles. The predicted octanol–water partition coefficient (Wildman–Crippen LogP) is 8.75. The monoisotopic (exact) mass is 506 g/mol. The third-order valence-electron chi connectivity index (χ3n) is 6.62. The second-order valence-corrected chi connectivity index (χ2v) is 9.48. The molecule has 6 rings (SSSR count). The van der Waals surface area contributed by atoms with Gasteiger partial charge in [-0.3, -0.25) is 4.79 Å². The van der Waals surface area contributed by atoms with Crippen LogP contribution in [0.2, 0.25) is 0 Å². The molecular weight excluding hydrogens is 480 g/mol. The maximum absolute atomic E-state index is 13.7. The van der Waals surface area contributed by atoms with Crippen molar-refractivity contribution in [2.24, 2.45) is 0 Å². The number of aryl methyl sites for hydroxylation is 1. The van der Waals surface area contributed by atoms with Crippen molar-refractivity contribution in [3.8, 4) is 33.8 Å². The molecule has 5 aromatic carbocycles. The Morgan fingerprint density at radius 3 is 1.41 bits per heavy atom. The number of ketones is 1. The fourth-order valence-corrected chi connectivity index (χ4v) is 4.53. The Morgan fingerprint density at radius 2 is 0.923 bits per heavy atom. The number of carbonyl (C=O) groups is 1. The molecule has 0 radical (unpaired) electrons. The number of Topliss-reactive ketones (excluding diaryl/α,β-unsaturated/α-hetero) is 1. The van der Waals surface area contributed by atoms with Crippen molar-refractivity contribution in [1.82, 2.24) is 0 Å². The lowest BCUT2D eigenvalue weighted by Crippen LogP contribution is -2.12. The molecule has 5 aromatic rings. The molecule has 188 valence electrons. The molecule has 0 N–H and O–H groups in total. The third kappa shape index (κ3) is 5.43. The van der Waals surface area contributed by atoms with Gasteiger partial charge in [-0.2, -0.15) is 0 Å². The molecule has 3 nitrogen and oxygen atoms in total. The second-order valence-electron chi connectivity index (χ2n) is 9.48. The highest BCUT2D eigenvalue weighted by atomic mass is 16.5. The lowest BCUT2D eigenvalue weighted by Gasteiger charge is -2.07. The van der Waals surface area contributed by atoms with Crippen molar-refractivity contribution in [1.29, 1.82) is 0 Å². The van der Waals surface area contributed by atoms with Gasteiger partial charge in [0, 0.05) is 0 Å². The minimum atomic E-state index is -0.317. The van der Waals surface area contributed by atoms with Crippen LogP contribution >= 0.6 is 0 Å². The van der Waals surface area contributed by atoms with Gasteiger partial charge in [0.15, 0.2) is 23.0 Å². The van der Waals surface area contributed by atoms with E-state index in [-0.39, 0.29) is 17.3 Å². The molecule has 0 spiro atoms. The topological polar surface area (TPSA) is 35.5 Å². The van der Waals surface area contributed by atoms with Crippen LogP contribution in [0.5, 0.6) is 11.5 Å².